The van der Waals surface area contributed by atoms with E-state index in [2.05, 4.69) is 17.9 Å². The number of halogens is 2. The maximum absolute atomic E-state index is 12.3. The van der Waals surface area contributed by atoms with Crippen LogP contribution in [0.4, 0.5) is 0 Å². The summed E-state index contributed by atoms with van der Waals surface area (Å²) in [6.07, 6.45) is 2.62. The first-order valence-corrected chi connectivity index (χ1v) is 7.34. The van der Waals surface area contributed by atoms with Gasteiger partial charge in [-0.3, -0.25) is 4.79 Å². The Morgan fingerprint density at radius 1 is 1.33 bits per heavy atom. The van der Waals surface area contributed by atoms with E-state index in [0.29, 0.717) is 22.3 Å². The molecule has 0 radical (unpaired) electrons. The van der Waals surface area contributed by atoms with Crippen molar-refractivity contribution in [3.05, 3.63) is 33.8 Å². The molecule has 1 N–H and O–H groups in total. The number of hydrogen-bond donors (Lipinski definition) is 2. The summed E-state index contributed by atoms with van der Waals surface area (Å²) in [5, 5.41) is 4.04. The van der Waals surface area contributed by atoms with E-state index in [1.165, 1.54) is 0 Å². The van der Waals surface area contributed by atoms with Crippen LogP contribution in [-0.4, -0.2) is 18.2 Å². The summed E-state index contributed by atoms with van der Waals surface area (Å²) in [5.41, 5.74) is 0.231. The zero-order valence-electron chi connectivity index (χ0n) is 9.88. The molecule has 1 aromatic carbocycles. The van der Waals surface area contributed by atoms with Crippen molar-refractivity contribution in [2.24, 2.45) is 0 Å². The number of amides is 1. The maximum Gasteiger partial charge on any atom is 0.230 e. The molecule has 5 heteroatoms. The minimum atomic E-state index is -0.543. The molecule has 0 aliphatic heterocycles. The fourth-order valence-electron chi connectivity index (χ4n) is 2.41. The van der Waals surface area contributed by atoms with Crippen LogP contribution in [0.2, 0.25) is 10.0 Å². The molecule has 0 atom stereocenters. The second-order valence-corrected chi connectivity index (χ2v) is 5.77. The fraction of sp³-hybridized carbons (Fsp3) is 0.462. The normalized spacial score (nSPS) is 17.1. The molecule has 1 saturated carbocycles. The Hall–Kier alpha value is -0.380. The van der Waals surface area contributed by atoms with Gasteiger partial charge >= 0.3 is 0 Å². The van der Waals surface area contributed by atoms with Crippen molar-refractivity contribution in [2.45, 2.75) is 24.7 Å². The van der Waals surface area contributed by atoms with Crippen LogP contribution in [0.25, 0.3) is 0 Å². The molecule has 0 spiro atoms. The Kier molecular flexibility index (Phi) is 4.46. The fourth-order valence-corrected chi connectivity index (χ4v) is 3.29. The molecule has 1 aliphatic carbocycles. The van der Waals surface area contributed by atoms with Gasteiger partial charge in [0.2, 0.25) is 5.91 Å². The average molecular weight is 304 g/mol. The van der Waals surface area contributed by atoms with Crippen molar-refractivity contribution in [3.8, 4) is 0 Å². The molecule has 98 valence electrons. The summed E-state index contributed by atoms with van der Waals surface area (Å²) >= 11 is 16.5. The average Bonchev–Trinajstić information content (AvgIpc) is 2.28. The summed E-state index contributed by atoms with van der Waals surface area (Å²) in [7, 11) is 0. The molecule has 0 bridgehead atoms. The van der Waals surface area contributed by atoms with Crippen LogP contribution in [-0.2, 0) is 10.2 Å². The van der Waals surface area contributed by atoms with E-state index in [1.54, 1.807) is 18.2 Å². The van der Waals surface area contributed by atoms with Crippen molar-refractivity contribution in [3.63, 3.8) is 0 Å². The number of thiol groups is 1. The lowest BCUT2D eigenvalue weighted by atomic mass is 9.63. The van der Waals surface area contributed by atoms with E-state index in [4.69, 9.17) is 23.2 Å². The predicted molar refractivity (Wildman–Crippen MR) is 78.9 cm³/mol. The third-order valence-corrected chi connectivity index (χ3v) is 4.33. The molecule has 1 aliphatic rings. The molecule has 0 unspecified atom stereocenters. The van der Waals surface area contributed by atoms with Crippen LogP contribution in [0.3, 0.4) is 0 Å². The Morgan fingerprint density at radius 3 is 2.39 bits per heavy atom. The van der Waals surface area contributed by atoms with Gasteiger partial charge < -0.3 is 5.32 Å². The van der Waals surface area contributed by atoms with Gasteiger partial charge in [0.05, 0.1) is 5.41 Å². The number of rotatable bonds is 4. The van der Waals surface area contributed by atoms with Gasteiger partial charge in [0.25, 0.3) is 0 Å². The van der Waals surface area contributed by atoms with Crippen LogP contribution < -0.4 is 5.32 Å². The highest BCUT2D eigenvalue weighted by Gasteiger charge is 2.47. The highest BCUT2D eigenvalue weighted by atomic mass is 35.5. The Labute approximate surface area is 122 Å². The van der Waals surface area contributed by atoms with Crippen LogP contribution >= 0.6 is 35.8 Å². The van der Waals surface area contributed by atoms with Crippen LogP contribution in [0.15, 0.2) is 18.2 Å². The van der Waals surface area contributed by atoms with E-state index in [9.17, 15) is 4.79 Å². The second kappa shape index (κ2) is 5.72. The van der Waals surface area contributed by atoms with Gasteiger partial charge in [-0.25, -0.2) is 0 Å². The first-order chi connectivity index (χ1) is 8.62. The Balaban J connectivity index is 2.35. The number of carbonyl (C=O) groups excluding carboxylic acids is 1. The van der Waals surface area contributed by atoms with Crippen molar-refractivity contribution in [1.29, 1.82) is 0 Å². The molecule has 18 heavy (non-hydrogen) atoms. The highest BCUT2D eigenvalue weighted by Crippen LogP contribution is 2.49. The molecular weight excluding hydrogens is 289 g/mol. The number of hydrogen-bond acceptors (Lipinski definition) is 2. The lowest BCUT2D eigenvalue weighted by Gasteiger charge is -2.41. The summed E-state index contributed by atoms with van der Waals surface area (Å²) in [5.74, 6) is 0.635. The summed E-state index contributed by atoms with van der Waals surface area (Å²) in [6, 6.07) is 5.37. The molecule has 0 aromatic heterocycles. The zero-order valence-corrected chi connectivity index (χ0v) is 12.3. The zero-order chi connectivity index (χ0) is 13.2. The monoisotopic (exact) mass is 303 g/mol. The van der Waals surface area contributed by atoms with Gasteiger partial charge in [-0.05, 0) is 25.0 Å². The van der Waals surface area contributed by atoms with Crippen molar-refractivity contribution in [1.82, 2.24) is 5.32 Å². The third-order valence-electron chi connectivity index (χ3n) is 3.48. The van der Waals surface area contributed by atoms with E-state index < -0.39 is 5.41 Å². The molecule has 1 fully saturated rings. The van der Waals surface area contributed by atoms with Gasteiger partial charge in [0, 0.05) is 27.9 Å². The van der Waals surface area contributed by atoms with Gasteiger partial charge in [0.1, 0.15) is 0 Å². The molecule has 0 saturated heterocycles. The van der Waals surface area contributed by atoms with E-state index in [0.717, 1.165) is 24.8 Å². The first kappa shape index (κ1) is 14.0. The van der Waals surface area contributed by atoms with Crippen LogP contribution in [0.5, 0.6) is 0 Å². The Morgan fingerprint density at radius 2 is 1.94 bits per heavy atom. The van der Waals surface area contributed by atoms with Gasteiger partial charge in [-0.1, -0.05) is 35.7 Å². The minimum Gasteiger partial charge on any atom is -0.355 e. The Bertz CT molecular complexity index is 440. The topological polar surface area (TPSA) is 29.1 Å². The van der Waals surface area contributed by atoms with Crippen molar-refractivity contribution < 1.29 is 4.79 Å². The molecule has 2 nitrogen and oxygen atoms in total. The number of benzene rings is 1. The minimum absolute atomic E-state index is 0.0119. The van der Waals surface area contributed by atoms with Gasteiger partial charge in [0.15, 0.2) is 0 Å². The van der Waals surface area contributed by atoms with E-state index in [1.807, 2.05) is 0 Å². The quantitative estimate of drug-likeness (QED) is 0.820. The van der Waals surface area contributed by atoms with E-state index >= 15 is 0 Å². The molecule has 0 heterocycles. The highest BCUT2D eigenvalue weighted by molar-refractivity contribution is 7.80. The molecule has 2 rings (SSSR count). The number of carbonyl (C=O) groups is 1. The van der Waals surface area contributed by atoms with Crippen molar-refractivity contribution >= 4 is 41.7 Å². The lowest BCUT2D eigenvalue weighted by Crippen LogP contribution is -2.50. The largest absolute Gasteiger partial charge is 0.355 e. The van der Waals surface area contributed by atoms with Gasteiger partial charge in [-0.2, -0.15) is 12.6 Å². The molecular formula is C13H15Cl2NOS. The summed E-state index contributed by atoms with van der Waals surface area (Å²) in [4.78, 5) is 12.3. The van der Waals surface area contributed by atoms with E-state index in [-0.39, 0.29) is 5.91 Å². The first-order valence-electron chi connectivity index (χ1n) is 5.95. The predicted octanol–water partition coefficient (Wildman–Crippen LogP) is 3.46. The lowest BCUT2D eigenvalue weighted by molar-refractivity contribution is -0.129. The van der Waals surface area contributed by atoms with Crippen LogP contribution in [0, 0.1) is 0 Å². The third kappa shape index (κ3) is 2.36. The van der Waals surface area contributed by atoms with Crippen LogP contribution in [0.1, 0.15) is 24.8 Å². The maximum atomic E-state index is 12.3. The standard InChI is InChI=1S/C13H15Cl2NOS/c14-9-3-1-4-10(15)11(9)13(5-2-6-13)12(17)16-7-8-18/h1,3-4,18H,2,5-8H2,(H,16,17). The second-order valence-electron chi connectivity index (χ2n) is 4.51. The van der Waals surface area contributed by atoms with Gasteiger partial charge in [-0.15, -0.1) is 0 Å². The summed E-state index contributed by atoms with van der Waals surface area (Å²) < 4.78 is 0. The van der Waals surface area contributed by atoms with Crippen molar-refractivity contribution in [2.75, 3.05) is 12.3 Å². The molecule has 1 amide bonds. The number of nitrogens with one attached hydrogen (secondary N) is 1. The smallest absolute Gasteiger partial charge is 0.230 e. The summed E-state index contributed by atoms with van der Waals surface area (Å²) in [6.45, 7) is 0.561. The SMILES string of the molecule is O=C(NCCS)C1(c2c(Cl)cccc2Cl)CCC1. The molecule has 1 aromatic rings.